The Balaban J connectivity index is 1.44. The van der Waals surface area contributed by atoms with Gasteiger partial charge in [0.25, 0.3) is 5.22 Å². The van der Waals surface area contributed by atoms with Crippen molar-refractivity contribution >= 4 is 34.3 Å². The van der Waals surface area contributed by atoms with Gasteiger partial charge >= 0.3 is 0 Å². The number of fused-ring (bicyclic) bond motifs is 1. The number of thioether (sulfide) groups is 1. The molecule has 0 aliphatic heterocycles. The number of hydrogen-bond donors (Lipinski definition) is 1. The van der Waals surface area contributed by atoms with Crippen LogP contribution in [0.1, 0.15) is 11.3 Å². The smallest absolute Gasteiger partial charge is 0.277 e. The maximum atomic E-state index is 12.4. The summed E-state index contributed by atoms with van der Waals surface area (Å²) in [5.41, 5.74) is 4.40. The van der Waals surface area contributed by atoms with Crippen LogP contribution in [0, 0.1) is 13.8 Å². The number of benzene rings is 2. The van der Waals surface area contributed by atoms with E-state index < -0.39 is 0 Å². The fourth-order valence-electron chi connectivity index (χ4n) is 2.91. The fraction of sp³-hybridized carbons (Fsp3) is 0.143. The Morgan fingerprint density at radius 1 is 1.07 bits per heavy atom. The highest BCUT2D eigenvalue weighted by molar-refractivity contribution is 7.99. The van der Waals surface area contributed by atoms with E-state index in [1.165, 1.54) is 11.8 Å². The second-order valence-corrected chi connectivity index (χ2v) is 7.28. The lowest BCUT2D eigenvalue weighted by molar-refractivity contribution is -0.113. The highest BCUT2D eigenvalue weighted by atomic mass is 32.2. The van der Waals surface area contributed by atoms with Crippen molar-refractivity contribution in [2.45, 2.75) is 19.1 Å². The summed E-state index contributed by atoms with van der Waals surface area (Å²) in [4.78, 5) is 16.9. The largest absolute Gasteiger partial charge is 0.411 e. The van der Waals surface area contributed by atoms with Crippen molar-refractivity contribution in [2.24, 2.45) is 0 Å². The second kappa shape index (κ2) is 7.82. The van der Waals surface area contributed by atoms with Crippen LogP contribution in [-0.4, -0.2) is 26.8 Å². The Morgan fingerprint density at radius 2 is 1.86 bits per heavy atom. The van der Waals surface area contributed by atoms with E-state index in [1.807, 2.05) is 68.4 Å². The van der Waals surface area contributed by atoms with Gasteiger partial charge in [-0.05, 0) is 37.6 Å². The van der Waals surface area contributed by atoms with Crippen molar-refractivity contribution < 1.29 is 9.21 Å². The lowest BCUT2D eigenvalue weighted by Crippen LogP contribution is -2.14. The first-order valence-corrected chi connectivity index (χ1v) is 9.77. The quantitative estimate of drug-likeness (QED) is 0.500. The number of anilines is 1. The molecule has 2 aromatic heterocycles. The van der Waals surface area contributed by atoms with Gasteiger partial charge in [0.2, 0.25) is 11.8 Å². The Hall–Kier alpha value is -3.19. The van der Waals surface area contributed by atoms with Crippen LogP contribution in [0.15, 0.2) is 64.2 Å². The third-order valence-corrected chi connectivity index (χ3v) is 5.05. The van der Waals surface area contributed by atoms with Crippen LogP contribution >= 0.6 is 11.8 Å². The van der Waals surface area contributed by atoms with Crippen molar-refractivity contribution in [3.63, 3.8) is 0 Å². The molecular weight excluding hydrogens is 372 g/mol. The van der Waals surface area contributed by atoms with Crippen LogP contribution in [0.25, 0.3) is 22.4 Å². The number of carbonyl (C=O) groups is 1. The molecule has 0 spiro atoms. The standard InChI is InChI=1S/C21H18N4O2S/c1-13-7-3-4-8-15(13)20-24-25-21(27-20)28-12-19(26)23-18-11-14(2)22-17-10-6-5-9-16(17)18/h3-11H,12H2,1-2H3,(H,22,23,26). The highest BCUT2D eigenvalue weighted by Crippen LogP contribution is 2.26. The zero-order valence-corrected chi connectivity index (χ0v) is 16.3. The van der Waals surface area contributed by atoms with E-state index >= 15 is 0 Å². The molecule has 0 aliphatic carbocycles. The molecule has 4 aromatic rings. The number of pyridine rings is 1. The van der Waals surface area contributed by atoms with Gasteiger partial charge in [-0.2, -0.15) is 0 Å². The number of nitrogens with zero attached hydrogens (tertiary/aromatic N) is 3. The van der Waals surface area contributed by atoms with Gasteiger partial charge in [0.1, 0.15) is 0 Å². The summed E-state index contributed by atoms with van der Waals surface area (Å²) in [5.74, 6) is 0.485. The van der Waals surface area contributed by atoms with E-state index in [1.54, 1.807) is 0 Å². The maximum absolute atomic E-state index is 12.4. The fourth-order valence-corrected chi connectivity index (χ4v) is 3.48. The average molecular weight is 390 g/mol. The summed E-state index contributed by atoms with van der Waals surface area (Å²) in [5, 5.41) is 12.3. The summed E-state index contributed by atoms with van der Waals surface area (Å²) in [6.45, 7) is 3.89. The zero-order valence-electron chi connectivity index (χ0n) is 15.5. The normalized spacial score (nSPS) is 10.9. The van der Waals surface area contributed by atoms with Crippen LogP contribution in [0.4, 0.5) is 5.69 Å². The first kappa shape index (κ1) is 18.2. The minimum Gasteiger partial charge on any atom is -0.411 e. The predicted octanol–water partition coefficient (Wildman–Crippen LogP) is 4.63. The van der Waals surface area contributed by atoms with Crippen LogP contribution in [0.3, 0.4) is 0 Å². The lowest BCUT2D eigenvalue weighted by atomic mass is 10.1. The summed E-state index contributed by atoms with van der Waals surface area (Å²) < 4.78 is 5.69. The molecule has 2 heterocycles. The molecular formula is C21H18N4O2S. The molecule has 6 nitrogen and oxygen atoms in total. The predicted molar refractivity (Wildman–Crippen MR) is 110 cm³/mol. The summed E-state index contributed by atoms with van der Waals surface area (Å²) in [7, 11) is 0. The van der Waals surface area contributed by atoms with Crippen molar-refractivity contribution in [1.82, 2.24) is 15.2 Å². The van der Waals surface area contributed by atoms with E-state index in [2.05, 4.69) is 20.5 Å². The molecule has 1 amide bonds. The first-order valence-electron chi connectivity index (χ1n) is 8.79. The SMILES string of the molecule is Cc1cc(NC(=O)CSc2nnc(-c3ccccc3C)o2)c2ccccc2n1. The van der Waals surface area contributed by atoms with Gasteiger partial charge in [0, 0.05) is 16.6 Å². The van der Waals surface area contributed by atoms with E-state index in [0.717, 1.165) is 33.4 Å². The van der Waals surface area contributed by atoms with Gasteiger partial charge in [-0.1, -0.05) is 48.2 Å². The molecule has 2 aromatic carbocycles. The molecule has 0 aliphatic rings. The highest BCUT2D eigenvalue weighted by Gasteiger charge is 2.13. The van der Waals surface area contributed by atoms with E-state index in [0.29, 0.717) is 11.1 Å². The van der Waals surface area contributed by atoms with Crippen molar-refractivity contribution in [3.05, 3.63) is 65.9 Å². The number of hydrogen-bond acceptors (Lipinski definition) is 6. The third kappa shape index (κ3) is 3.89. The van der Waals surface area contributed by atoms with Crippen LogP contribution in [0.2, 0.25) is 0 Å². The Labute approximate surface area is 166 Å². The van der Waals surface area contributed by atoms with Gasteiger partial charge in [-0.15, -0.1) is 10.2 Å². The number of aryl methyl sites for hydroxylation is 2. The Morgan fingerprint density at radius 3 is 2.71 bits per heavy atom. The molecule has 0 saturated carbocycles. The minimum absolute atomic E-state index is 0.142. The molecule has 140 valence electrons. The number of amides is 1. The van der Waals surface area contributed by atoms with Gasteiger partial charge in [0.05, 0.1) is 17.0 Å². The van der Waals surface area contributed by atoms with E-state index in [4.69, 9.17) is 4.42 Å². The number of aromatic nitrogens is 3. The van der Waals surface area contributed by atoms with Crippen molar-refractivity contribution in [1.29, 1.82) is 0 Å². The Kier molecular flexibility index (Phi) is 5.08. The number of carbonyl (C=O) groups excluding carboxylic acids is 1. The first-order chi connectivity index (χ1) is 13.6. The number of rotatable bonds is 5. The van der Waals surface area contributed by atoms with E-state index in [9.17, 15) is 4.79 Å². The molecule has 0 unspecified atom stereocenters. The molecule has 0 atom stereocenters. The molecule has 28 heavy (non-hydrogen) atoms. The van der Waals surface area contributed by atoms with Crippen molar-refractivity contribution in [2.75, 3.05) is 11.1 Å². The second-order valence-electron chi connectivity index (χ2n) is 6.35. The molecule has 0 bridgehead atoms. The summed E-state index contributed by atoms with van der Waals surface area (Å²) in [6.07, 6.45) is 0. The molecule has 0 radical (unpaired) electrons. The van der Waals surface area contributed by atoms with Crippen LogP contribution in [0.5, 0.6) is 0 Å². The van der Waals surface area contributed by atoms with Gasteiger partial charge in [-0.25, -0.2) is 0 Å². The van der Waals surface area contributed by atoms with Crippen molar-refractivity contribution in [3.8, 4) is 11.5 Å². The Bertz CT molecular complexity index is 1160. The minimum atomic E-state index is -0.142. The average Bonchev–Trinajstić information content (AvgIpc) is 3.15. The molecule has 4 rings (SSSR count). The lowest BCUT2D eigenvalue weighted by Gasteiger charge is -2.09. The molecule has 1 N–H and O–H groups in total. The number of para-hydroxylation sites is 1. The molecule has 0 fully saturated rings. The van der Waals surface area contributed by atoms with Gasteiger partial charge in [-0.3, -0.25) is 9.78 Å². The van der Waals surface area contributed by atoms with Crippen LogP contribution < -0.4 is 5.32 Å². The zero-order chi connectivity index (χ0) is 19.5. The van der Waals surface area contributed by atoms with Gasteiger partial charge < -0.3 is 9.73 Å². The summed E-state index contributed by atoms with van der Waals surface area (Å²) >= 11 is 1.21. The van der Waals surface area contributed by atoms with E-state index in [-0.39, 0.29) is 11.7 Å². The van der Waals surface area contributed by atoms with Gasteiger partial charge in [0.15, 0.2) is 0 Å². The molecule has 0 saturated heterocycles. The third-order valence-electron chi connectivity index (χ3n) is 4.23. The maximum Gasteiger partial charge on any atom is 0.277 e. The molecule has 7 heteroatoms. The van der Waals surface area contributed by atoms with Crippen LogP contribution in [-0.2, 0) is 4.79 Å². The monoisotopic (exact) mass is 390 g/mol. The summed E-state index contributed by atoms with van der Waals surface area (Å²) in [6, 6.07) is 17.4. The number of nitrogens with one attached hydrogen (secondary N) is 1. The topological polar surface area (TPSA) is 80.9 Å².